The van der Waals surface area contributed by atoms with E-state index in [4.69, 9.17) is 0 Å². The summed E-state index contributed by atoms with van der Waals surface area (Å²) in [6.45, 7) is 0.912. The minimum atomic E-state index is 0.0658. The molecular weight excluding hydrogens is 250 g/mol. The Morgan fingerprint density at radius 2 is 2.24 bits per heavy atom. The van der Waals surface area contributed by atoms with Gasteiger partial charge in [-0.3, -0.25) is 4.79 Å². The third kappa shape index (κ3) is 3.42. The van der Waals surface area contributed by atoms with Crippen molar-refractivity contribution in [1.82, 2.24) is 4.90 Å². The highest BCUT2D eigenvalue weighted by Gasteiger charge is 2.26. The average Bonchev–Trinajstić information content (AvgIpc) is 2.90. The molecule has 0 bridgehead atoms. The smallest absolute Gasteiger partial charge is 0.236 e. The highest BCUT2D eigenvalue weighted by molar-refractivity contribution is 8.00. The van der Waals surface area contributed by atoms with Gasteiger partial charge in [0.1, 0.15) is 0 Å². The highest BCUT2D eigenvalue weighted by atomic mass is 32.2. The van der Waals surface area contributed by atoms with Gasteiger partial charge in [0.2, 0.25) is 5.91 Å². The summed E-state index contributed by atoms with van der Waals surface area (Å²) in [4.78, 5) is 14.3. The number of carbonyl (C=O) groups excluding carboxylic acids is 1. The molecule has 1 unspecified atom stereocenters. The number of nitrogens with zero attached hydrogens (tertiary/aromatic N) is 1. The Labute approximate surface area is 111 Å². The molecule has 0 aliphatic carbocycles. The van der Waals surface area contributed by atoms with Crippen LogP contribution in [0.4, 0.5) is 0 Å². The lowest BCUT2D eigenvalue weighted by atomic mass is 10.1. The second kappa shape index (κ2) is 6.36. The molecular formula is C13H17NOS2. The highest BCUT2D eigenvalue weighted by Crippen LogP contribution is 2.21. The van der Waals surface area contributed by atoms with E-state index >= 15 is 0 Å². The molecule has 1 heterocycles. The zero-order valence-corrected chi connectivity index (χ0v) is 11.6. The molecule has 92 valence electrons. The summed E-state index contributed by atoms with van der Waals surface area (Å²) in [6, 6.07) is 10.3. The van der Waals surface area contributed by atoms with Crippen molar-refractivity contribution in [3.8, 4) is 0 Å². The molecule has 17 heavy (non-hydrogen) atoms. The molecule has 4 heteroatoms. The Kier molecular flexibility index (Phi) is 4.80. The molecule has 1 aliphatic heterocycles. The van der Waals surface area contributed by atoms with Gasteiger partial charge in [0.15, 0.2) is 0 Å². The van der Waals surface area contributed by atoms with Gasteiger partial charge in [-0.2, -0.15) is 11.8 Å². The molecule has 1 saturated heterocycles. The van der Waals surface area contributed by atoms with E-state index in [2.05, 4.69) is 12.1 Å². The van der Waals surface area contributed by atoms with Crippen LogP contribution in [0.15, 0.2) is 30.3 Å². The summed E-state index contributed by atoms with van der Waals surface area (Å²) in [5.74, 6) is 2.24. The number of rotatable bonds is 4. The normalized spacial score (nSPS) is 17.1. The molecule has 1 aromatic rings. The zero-order valence-electron chi connectivity index (χ0n) is 9.96. The molecule has 1 atom stereocenters. The molecule has 2 rings (SSSR count). The maximum absolute atomic E-state index is 12.3. The number of amides is 1. The molecule has 1 aliphatic rings. The van der Waals surface area contributed by atoms with E-state index in [1.807, 2.05) is 41.1 Å². The monoisotopic (exact) mass is 267 g/mol. The number of thioether (sulfide) groups is 2. The van der Waals surface area contributed by atoms with Crippen LogP contribution < -0.4 is 0 Å². The fourth-order valence-corrected chi connectivity index (χ4v) is 3.56. The zero-order chi connectivity index (χ0) is 12.1. The molecule has 0 spiro atoms. The number of benzene rings is 1. The fraction of sp³-hybridized carbons (Fsp3) is 0.462. The van der Waals surface area contributed by atoms with E-state index in [1.54, 1.807) is 11.8 Å². The Bertz CT molecular complexity index is 363. The molecule has 1 fully saturated rings. The molecule has 0 aromatic heterocycles. The molecule has 2 nitrogen and oxygen atoms in total. The summed E-state index contributed by atoms with van der Waals surface area (Å²) in [6.07, 6.45) is 2.86. The molecule has 0 saturated carbocycles. The van der Waals surface area contributed by atoms with Crippen LogP contribution in [0.3, 0.4) is 0 Å². The second-order valence-corrected chi connectivity index (χ2v) is 6.17. The number of hydrogen-bond donors (Lipinski definition) is 0. The van der Waals surface area contributed by atoms with Crippen molar-refractivity contribution in [1.29, 1.82) is 0 Å². The number of hydrogen-bond acceptors (Lipinski definition) is 3. The lowest BCUT2D eigenvalue weighted by molar-refractivity contribution is -0.129. The molecule has 0 N–H and O–H groups in total. The maximum Gasteiger partial charge on any atom is 0.236 e. The Hall–Kier alpha value is -0.610. The number of carbonyl (C=O) groups is 1. The van der Waals surface area contributed by atoms with Gasteiger partial charge in [-0.15, -0.1) is 11.8 Å². The van der Waals surface area contributed by atoms with Gasteiger partial charge in [-0.25, -0.2) is 0 Å². The first-order chi connectivity index (χ1) is 8.31. The first-order valence-corrected chi connectivity index (χ1v) is 8.19. The van der Waals surface area contributed by atoms with Gasteiger partial charge in [0, 0.05) is 12.3 Å². The van der Waals surface area contributed by atoms with Gasteiger partial charge < -0.3 is 4.90 Å². The van der Waals surface area contributed by atoms with E-state index in [-0.39, 0.29) is 5.25 Å². The lowest BCUT2D eigenvalue weighted by Crippen LogP contribution is -2.36. The summed E-state index contributed by atoms with van der Waals surface area (Å²) in [5, 5.41) is 0.0658. The van der Waals surface area contributed by atoms with E-state index < -0.39 is 0 Å². The van der Waals surface area contributed by atoms with Crippen molar-refractivity contribution in [3.63, 3.8) is 0 Å². The summed E-state index contributed by atoms with van der Waals surface area (Å²) in [5.41, 5.74) is 1.24. The Morgan fingerprint density at radius 3 is 2.82 bits per heavy atom. The Morgan fingerprint density at radius 1 is 1.47 bits per heavy atom. The van der Waals surface area contributed by atoms with Crippen LogP contribution in [0.25, 0.3) is 0 Å². The van der Waals surface area contributed by atoms with E-state index in [0.717, 1.165) is 24.6 Å². The molecule has 0 radical (unpaired) electrons. The van der Waals surface area contributed by atoms with E-state index in [1.165, 1.54) is 5.56 Å². The summed E-state index contributed by atoms with van der Waals surface area (Å²) >= 11 is 3.50. The fourth-order valence-electron chi connectivity index (χ4n) is 1.89. The first-order valence-electron chi connectivity index (χ1n) is 5.74. The molecule has 1 aromatic carbocycles. The SMILES string of the molecule is CSC(Cc1ccccc1)C(=O)N1CCSC1. The van der Waals surface area contributed by atoms with Crippen LogP contribution in [0.5, 0.6) is 0 Å². The van der Waals surface area contributed by atoms with Gasteiger partial charge in [-0.1, -0.05) is 30.3 Å². The predicted octanol–water partition coefficient (Wildman–Crippen LogP) is 2.49. The van der Waals surface area contributed by atoms with Gasteiger partial charge in [-0.05, 0) is 18.2 Å². The lowest BCUT2D eigenvalue weighted by Gasteiger charge is -2.21. The summed E-state index contributed by atoms with van der Waals surface area (Å²) < 4.78 is 0. The first kappa shape index (κ1) is 12.8. The quantitative estimate of drug-likeness (QED) is 0.836. The van der Waals surface area contributed by atoms with Crippen LogP contribution in [0, 0.1) is 0 Å². The van der Waals surface area contributed by atoms with Crippen molar-refractivity contribution < 1.29 is 4.79 Å². The predicted molar refractivity (Wildman–Crippen MR) is 76.5 cm³/mol. The van der Waals surface area contributed by atoms with Crippen LogP contribution in [-0.2, 0) is 11.2 Å². The third-order valence-electron chi connectivity index (χ3n) is 2.89. The van der Waals surface area contributed by atoms with E-state index in [9.17, 15) is 4.79 Å². The van der Waals surface area contributed by atoms with Crippen molar-refractivity contribution >= 4 is 29.4 Å². The second-order valence-electron chi connectivity index (χ2n) is 4.05. The van der Waals surface area contributed by atoms with Crippen molar-refractivity contribution in [2.24, 2.45) is 0 Å². The minimum Gasteiger partial charge on any atom is -0.332 e. The Balaban J connectivity index is 1.98. The van der Waals surface area contributed by atoms with Crippen molar-refractivity contribution in [2.75, 3.05) is 24.4 Å². The van der Waals surface area contributed by atoms with E-state index in [0.29, 0.717) is 5.91 Å². The molecule has 1 amide bonds. The average molecular weight is 267 g/mol. The van der Waals surface area contributed by atoms with Crippen LogP contribution in [-0.4, -0.2) is 40.5 Å². The van der Waals surface area contributed by atoms with Crippen molar-refractivity contribution in [2.45, 2.75) is 11.7 Å². The summed E-state index contributed by atoms with van der Waals surface area (Å²) in [7, 11) is 0. The van der Waals surface area contributed by atoms with Gasteiger partial charge >= 0.3 is 0 Å². The largest absolute Gasteiger partial charge is 0.332 e. The van der Waals surface area contributed by atoms with Crippen LogP contribution >= 0.6 is 23.5 Å². The maximum atomic E-state index is 12.3. The topological polar surface area (TPSA) is 20.3 Å². The third-order valence-corrected chi connectivity index (χ3v) is 4.79. The minimum absolute atomic E-state index is 0.0658. The standard InChI is InChI=1S/C13H17NOS2/c1-16-12(9-11-5-3-2-4-6-11)13(15)14-7-8-17-10-14/h2-6,12H,7-10H2,1H3. The van der Waals surface area contributed by atoms with Gasteiger partial charge in [0.05, 0.1) is 11.1 Å². The van der Waals surface area contributed by atoms with Crippen molar-refractivity contribution in [3.05, 3.63) is 35.9 Å². The van der Waals surface area contributed by atoms with Gasteiger partial charge in [0.25, 0.3) is 0 Å². The van der Waals surface area contributed by atoms with Crippen LogP contribution in [0.1, 0.15) is 5.56 Å². The van der Waals surface area contributed by atoms with Crippen LogP contribution in [0.2, 0.25) is 0 Å².